The van der Waals surface area contributed by atoms with Crippen LogP contribution in [0.4, 0.5) is 5.69 Å². The number of amides is 1. The normalized spacial score (nSPS) is 14.4. The maximum atomic E-state index is 12.7. The Labute approximate surface area is 192 Å². The van der Waals surface area contributed by atoms with Gasteiger partial charge in [0, 0.05) is 31.9 Å². The lowest BCUT2D eigenvalue weighted by Crippen LogP contribution is -2.49. The zero-order chi connectivity index (χ0) is 22.6. The van der Waals surface area contributed by atoms with Crippen molar-refractivity contribution >= 4 is 33.2 Å². The monoisotopic (exact) mass is 468 g/mol. The van der Waals surface area contributed by atoms with Crippen molar-refractivity contribution in [2.75, 3.05) is 36.8 Å². The van der Waals surface area contributed by atoms with Gasteiger partial charge >= 0.3 is 0 Å². The largest absolute Gasteiger partial charge is 0.368 e. The molecule has 1 saturated heterocycles. The number of carbonyl (C=O) groups is 1. The van der Waals surface area contributed by atoms with Crippen molar-refractivity contribution in [3.63, 3.8) is 0 Å². The number of hydrogen-bond donors (Lipinski definition) is 0. The topological polar surface area (TPSA) is 83.5 Å². The van der Waals surface area contributed by atoms with E-state index in [2.05, 4.69) is 27.2 Å². The number of para-hydroxylation sites is 1. The second-order valence-corrected chi connectivity index (χ2v) is 10.4. The fourth-order valence-corrected chi connectivity index (χ4v) is 5.29. The van der Waals surface area contributed by atoms with Gasteiger partial charge in [-0.1, -0.05) is 47.7 Å². The lowest BCUT2D eigenvalue weighted by Gasteiger charge is -2.36. The molecule has 7 nitrogen and oxygen atoms in total. The van der Waals surface area contributed by atoms with Crippen molar-refractivity contribution in [2.24, 2.45) is 0 Å². The van der Waals surface area contributed by atoms with E-state index in [9.17, 15) is 13.2 Å². The molecular formula is C23H24N4O3S2. The maximum absolute atomic E-state index is 12.7. The Bertz CT molecular complexity index is 1160. The lowest BCUT2D eigenvalue weighted by molar-refractivity contribution is -0.128. The molecule has 1 amide bonds. The SMILES string of the molecule is Cc1ccc(S(=O)(=O)c2ccc(SCC(=O)N3CCN(c4ccccc4)CC3)nn2)cc1. The lowest BCUT2D eigenvalue weighted by atomic mass is 10.2. The van der Waals surface area contributed by atoms with Crippen molar-refractivity contribution in [2.45, 2.75) is 21.9 Å². The van der Waals surface area contributed by atoms with Gasteiger partial charge in [-0.15, -0.1) is 10.2 Å². The van der Waals surface area contributed by atoms with E-state index < -0.39 is 9.84 Å². The quantitative estimate of drug-likeness (QED) is 0.514. The molecule has 1 aliphatic heterocycles. The molecule has 0 aliphatic carbocycles. The third-order valence-electron chi connectivity index (χ3n) is 5.32. The molecule has 2 aromatic carbocycles. The van der Waals surface area contributed by atoms with Crippen molar-refractivity contribution < 1.29 is 13.2 Å². The first-order valence-corrected chi connectivity index (χ1v) is 12.8. The highest BCUT2D eigenvalue weighted by Crippen LogP contribution is 2.22. The first kappa shape index (κ1) is 22.3. The number of aryl methyl sites for hydroxylation is 1. The summed E-state index contributed by atoms with van der Waals surface area (Å²) < 4.78 is 25.4. The Hall–Kier alpha value is -2.91. The minimum atomic E-state index is -3.71. The Kier molecular flexibility index (Phi) is 6.76. The van der Waals surface area contributed by atoms with Crippen LogP contribution in [-0.2, 0) is 14.6 Å². The molecule has 0 radical (unpaired) electrons. The standard InChI is InChI=1S/C23H24N4O3S2/c1-18-7-9-20(10-8-18)32(29,30)22-12-11-21(24-25-22)31-17-23(28)27-15-13-26(14-16-27)19-5-3-2-4-6-19/h2-12H,13-17H2,1H3. The van der Waals surface area contributed by atoms with Crippen molar-refractivity contribution in [1.29, 1.82) is 0 Å². The number of carbonyl (C=O) groups excluding carboxylic acids is 1. The molecule has 9 heteroatoms. The van der Waals surface area contributed by atoms with Crippen LogP contribution in [0.1, 0.15) is 5.56 Å². The van der Waals surface area contributed by atoms with E-state index in [1.807, 2.05) is 30.0 Å². The molecule has 0 spiro atoms. The molecule has 32 heavy (non-hydrogen) atoms. The number of anilines is 1. The molecule has 0 bridgehead atoms. The van der Waals surface area contributed by atoms with E-state index in [0.717, 1.165) is 18.7 Å². The van der Waals surface area contributed by atoms with E-state index in [1.165, 1.54) is 23.5 Å². The molecular weight excluding hydrogens is 444 g/mol. The minimum absolute atomic E-state index is 0.0425. The maximum Gasteiger partial charge on any atom is 0.233 e. The van der Waals surface area contributed by atoms with Gasteiger partial charge < -0.3 is 9.80 Å². The zero-order valence-corrected chi connectivity index (χ0v) is 19.3. The Morgan fingerprint density at radius 2 is 1.59 bits per heavy atom. The molecule has 0 N–H and O–H groups in total. The van der Waals surface area contributed by atoms with Crippen LogP contribution in [-0.4, -0.2) is 61.4 Å². The van der Waals surface area contributed by atoms with E-state index in [-0.39, 0.29) is 21.6 Å². The number of hydrogen-bond acceptors (Lipinski definition) is 7. The van der Waals surface area contributed by atoms with Crippen molar-refractivity contribution in [3.8, 4) is 0 Å². The Morgan fingerprint density at radius 3 is 2.22 bits per heavy atom. The van der Waals surface area contributed by atoms with Crippen LogP contribution in [0.5, 0.6) is 0 Å². The van der Waals surface area contributed by atoms with Gasteiger partial charge in [0.2, 0.25) is 15.7 Å². The molecule has 0 atom stereocenters. The molecule has 0 saturated carbocycles. The molecule has 4 rings (SSSR count). The number of aromatic nitrogens is 2. The molecule has 0 unspecified atom stereocenters. The fourth-order valence-electron chi connectivity index (χ4n) is 3.45. The Morgan fingerprint density at radius 1 is 0.906 bits per heavy atom. The summed E-state index contributed by atoms with van der Waals surface area (Å²) in [6.07, 6.45) is 0. The van der Waals surface area contributed by atoms with Crippen molar-refractivity contribution in [1.82, 2.24) is 15.1 Å². The molecule has 1 fully saturated rings. The highest BCUT2D eigenvalue weighted by atomic mass is 32.2. The van der Waals surface area contributed by atoms with Gasteiger partial charge in [-0.3, -0.25) is 4.79 Å². The third kappa shape index (κ3) is 5.11. The summed E-state index contributed by atoms with van der Waals surface area (Å²) in [6.45, 7) is 4.84. The van der Waals surface area contributed by atoms with Crippen LogP contribution >= 0.6 is 11.8 Å². The predicted octanol–water partition coefficient (Wildman–Crippen LogP) is 3.06. The van der Waals surface area contributed by atoms with Gasteiger partial charge in [0.05, 0.1) is 10.6 Å². The number of benzene rings is 2. The molecule has 2 heterocycles. The Balaban J connectivity index is 1.31. The van der Waals surface area contributed by atoms with Gasteiger partial charge in [-0.25, -0.2) is 8.42 Å². The predicted molar refractivity (Wildman–Crippen MR) is 125 cm³/mol. The van der Waals surface area contributed by atoms with E-state index in [4.69, 9.17) is 0 Å². The van der Waals surface area contributed by atoms with Crippen LogP contribution in [0.3, 0.4) is 0 Å². The van der Waals surface area contributed by atoms with Gasteiger partial charge in [-0.2, -0.15) is 0 Å². The summed E-state index contributed by atoms with van der Waals surface area (Å²) in [4.78, 5) is 16.9. The summed E-state index contributed by atoms with van der Waals surface area (Å²) in [5.41, 5.74) is 2.15. The summed E-state index contributed by atoms with van der Waals surface area (Å²) >= 11 is 1.26. The third-order valence-corrected chi connectivity index (χ3v) is 7.89. The first-order valence-electron chi connectivity index (χ1n) is 10.3. The van der Waals surface area contributed by atoms with Gasteiger partial charge in [-0.05, 0) is 43.3 Å². The van der Waals surface area contributed by atoms with E-state index >= 15 is 0 Å². The molecule has 1 aliphatic rings. The van der Waals surface area contributed by atoms with Crippen LogP contribution in [0, 0.1) is 6.92 Å². The number of nitrogens with zero attached hydrogens (tertiary/aromatic N) is 4. The van der Waals surface area contributed by atoms with Crippen LogP contribution in [0.15, 0.2) is 81.7 Å². The number of piperazine rings is 1. The first-order chi connectivity index (χ1) is 15.4. The molecule has 3 aromatic rings. The highest BCUT2D eigenvalue weighted by Gasteiger charge is 2.22. The summed E-state index contributed by atoms with van der Waals surface area (Å²) in [6, 6.07) is 19.8. The number of thioether (sulfide) groups is 1. The average Bonchev–Trinajstić information content (AvgIpc) is 2.84. The summed E-state index contributed by atoms with van der Waals surface area (Å²) in [7, 11) is -3.71. The summed E-state index contributed by atoms with van der Waals surface area (Å²) in [5.74, 6) is 0.283. The molecule has 1 aromatic heterocycles. The minimum Gasteiger partial charge on any atom is -0.368 e. The van der Waals surface area contributed by atoms with E-state index in [1.54, 1.807) is 30.3 Å². The van der Waals surface area contributed by atoms with Gasteiger partial charge in [0.15, 0.2) is 5.03 Å². The smallest absolute Gasteiger partial charge is 0.233 e. The highest BCUT2D eigenvalue weighted by molar-refractivity contribution is 7.99. The van der Waals surface area contributed by atoms with Crippen molar-refractivity contribution in [3.05, 3.63) is 72.3 Å². The number of rotatable bonds is 6. The zero-order valence-electron chi connectivity index (χ0n) is 17.7. The number of sulfone groups is 1. The fraction of sp³-hybridized carbons (Fsp3) is 0.261. The second-order valence-electron chi connectivity index (χ2n) is 7.52. The van der Waals surface area contributed by atoms with E-state index in [0.29, 0.717) is 18.1 Å². The van der Waals surface area contributed by atoms with Gasteiger partial charge in [0.25, 0.3) is 0 Å². The van der Waals surface area contributed by atoms with Crippen LogP contribution in [0.25, 0.3) is 0 Å². The second kappa shape index (κ2) is 9.70. The van der Waals surface area contributed by atoms with Crippen LogP contribution in [0.2, 0.25) is 0 Å². The van der Waals surface area contributed by atoms with Gasteiger partial charge in [0.1, 0.15) is 5.03 Å². The van der Waals surface area contributed by atoms with Crippen LogP contribution < -0.4 is 4.90 Å². The average molecular weight is 469 g/mol. The summed E-state index contributed by atoms with van der Waals surface area (Å²) in [5, 5.41) is 8.32. The molecule has 166 valence electrons.